The van der Waals surface area contributed by atoms with Gasteiger partial charge in [0.25, 0.3) is 0 Å². The Hall–Kier alpha value is -0.260. The van der Waals surface area contributed by atoms with Gasteiger partial charge in [-0.1, -0.05) is 13.0 Å². The quantitative estimate of drug-likeness (QED) is 0.529. The predicted molar refractivity (Wildman–Crippen MR) is 48.4 cm³/mol. The lowest BCUT2D eigenvalue weighted by Gasteiger charge is -2.29. The summed E-state index contributed by atoms with van der Waals surface area (Å²) < 4.78 is 0. The molecule has 3 atom stereocenters. The minimum absolute atomic E-state index is 0.547. The lowest BCUT2D eigenvalue weighted by Crippen LogP contribution is -2.18. The molecule has 0 radical (unpaired) electrons. The van der Waals surface area contributed by atoms with Crippen LogP contribution in [0.3, 0.4) is 0 Å². The molecule has 2 fully saturated rings. The average Bonchev–Trinajstić information content (AvgIpc) is 2.27. The van der Waals surface area contributed by atoms with Crippen molar-refractivity contribution < 1.29 is 0 Å². The van der Waals surface area contributed by atoms with E-state index >= 15 is 0 Å². The summed E-state index contributed by atoms with van der Waals surface area (Å²) in [6.07, 6.45) is 9.42. The van der Waals surface area contributed by atoms with Gasteiger partial charge in [-0.05, 0) is 49.4 Å². The molecule has 62 valence electrons. The van der Waals surface area contributed by atoms with Crippen LogP contribution < -0.4 is 0 Å². The molecule has 11 heavy (non-hydrogen) atoms. The average molecular weight is 150 g/mol. The van der Waals surface area contributed by atoms with Gasteiger partial charge in [0.1, 0.15) is 0 Å². The van der Waals surface area contributed by atoms with Gasteiger partial charge in [0.15, 0.2) is 0 Å². The van der Waals surface area contributed by atoms with Gasteiger partial charge in [0.05, 0.1) is 0 Å². The zero-order valence-electron chi connectivity index (χ0n) is 7.47. The van der Waals surface area contributed by atoms with Crippen molar-refractivity contribution in [2.24, 2.45) is 17.3 Å². The summed E-state index contributed by atoms with van der Waals surface area (Å²) in [5.74, 6) is 2.15. The van der Waals surface area contributed by atoms with Crippen LogP contribution in [0.1, 0.15) is 39.0 Å². The molecule has 0 spiro atoms. The van der Waals surface area contributed by atoms with E-state index in [4.69, 9.17) is 0 Å². The van der Waals surface area contributed by atoms with E-state index in [1.165, 1.54) is 32.1 Å². The summed E-state index contributed by atoms with van der Waals surface area (Å²) in [5, 5.41) is 0. The lowest BCUT2D eigenvalue weighted by atomic mass is 9.77. The second kappa shape index (κ2) is 2.36. The molecule has 0 amide bonds. The molecule has 2 aliphatic carbocycles. The fraction of sp³-hybridized carbons (Fsp3) is 0.818. The van der Waals surface area contributed by atoms with Gasteiger partial charge >= 0.3 is 0 Å². The third-order valence-electron chi connectivity index (χ3n) is 4.05. The highest BCUT2D eigenvalue weighted by Gasteiger charge is 2.46. The van der Waals surface area contributed by atoms with E-state index in [1.54, 1.807) is 0 Å². The molecule has 0 heteroatoms. The molecule has 0 aromatic heterocycles. The van der Waals surface area contributed by atoms with Crippen LogP contribution in [0.15, 0.2) is 12.7 Å². The van der Waals surface area contributed by atoms with Crippen LogP contribution in [-0.2, 0) is 0 Å². The fourth-order valence-corrected chi connectivity index (χ4v) is 2.90. The maximum absolute atomic E-state index is 3.98. The van der Waals surface area contributed by atoms with Gasteiger partial charge < -0.3 is 0 Å². The van der Waals surface area contributed by atoms with Crippen molar-refractivity contribution in [2.45, 2.75) is 39.0 Å². The smallest absolute Gasteiger partial charge is 0.0118 e. The molecule has 0 N–H and O–H groups in total. The fourth-order valence-electron chi connectivity index (χ4n) is 2.90. The normalized spacial score (nSPS) is 48.1. The molecule has 0 bridgehead atoms. The van der Waals surface area contributed by atoms with Crippen molar-refractivity contribution in [2.75, 3.05) is 0 Å². The zero-order valence-corrected chi connectivity index (χ0v) is 7.47. The summed E-state index contributed by atoms with van der Waals surface area (Å²) >= 11 is 0. The first kappa shape index (κ1) is 7.39. The molecular weight excluding hydrogens is 132 g/mol. The largest absolute Gasteiger partial charge is 0.103 e. The Balaban J connectivity index is 2.09. The van der Waals surface area contributed by atoms with Crippen molar-refractivity contribution in [1.29, 1.82) is 0 Å². The van der Waals surface area contributed by atoms with Gasteiger partial charge in [0.2, 0.25) is 0 Å². The second-order valence-corrected chi connectivity index (χ2v) is 4.43. The lowest BCUT2D eigenvalue weighted by molar-refractivity contribution is 0.219. The predicted octanol–water partition coefficient (Wildman–Crippen LogP) is 3.39. The van der Waals surface area contributed by atoms with E-state index in [-0.39, 0.29) is 0 Å². The number of hydrogen-bond donors (Lipinski definition) is 0. The van der Waals surface area contributed by atoms with Crippen molar-refractivity contribution in [3.8, 4) is 0 Å². The van der Waals surface area contributed by atoms with Crippen LogP contribution in [0.5, 0.6) is 0 Å². The molecule has 1 unspecified atom stereocenters. The summed E-state index contributed by atoms with van der Waals surface area (Å²) in [7, 11) is 0. The zero-order chi connectivity index (χ0) is 7.90. The summed E-state index contributed by atoms with van der Waals surface area (Å²) in [6, 6.07) is 0. The van der Waals surface area contributed by atoms with E-state index in [0.717, 1.165) is 11.8 Å². The summed E-state index contributed by atoms with van der Waals surface area (Å²) in [4.78, 5) is 0. The van der Waals surface area contributed by atoms with Gasteiger partial charge in [-0.2, -0.15) is 0 Å². The Morgan fingerprint density at radius 2 is 1.91 bits per heavy atom. The van der Waals surface area contributed by atoms with Crippen molar-refractivity contribution in [3.05, 3.63) is 12.7 Å². The second-order valence-electron chi connectivity index (χ2n) is 4.43. The summed E-state index contributed by atoms with van der Waals surface area (Å²) in [5.41, 5.74) is 0.547. The highest BCUT2D eigenvalue weighted by molar-refractivity contribution is 5.05. The first-order valence-corrected chi connectivity index (χ1v) is 4.93. The summed E-state index contributed by atoms with van der Waals surface area (Å²) in [6.45, 7) is 6.29. The molecule has 0 heterocycles. The van der Waals surface area contributed by atoms with E-state index in [9.17, 15) is 0 Å². The van der Waals surface area contributed by atoms with Crippen LogP contribution in [0.25, 0.3) is 0 Å². The first-order chi connectivity index (χ1) is 5.29. The van der Waals surface area contributed by atoms with Gasteiger partial charge in [-0.3, -0.25) is 0 Å². The van der Waals surface area contributed by atoms with Crippen LogP contribution >= 0.6 is 0 Å². The highest BCUT2D eigenvalue weighted by atomic mass is 14.5. The molecule has 0 aromatic rings. The maximum Gasteiger partial charge on any atom is -0.0118 e. The van der Waals surface area contributed by atoms with E-state index in [1.807, 2.05) is 0 Å². The Morgan fingerprint density at radius 3 is 2.18 bits per heavy atom. The number of hydrogen-bond acceptors (Lipinski definition) is 0. The van der Waals surface area contributed by atoms with Crippen molar-refractivity contribution in [3.63, 3.8) is 0 Å². The maximum atomic E-state index is 3.98. The SMILES string of the molecule is C=CC1(CC)C[C@H]2CC[C@H]2C1. The Labute approximate surface area is 69.7 Å². The Kier molecular flexibility index (Phi) is 1.59. The number of allylic oxidation sites excluding steroid dienone is 1. The molecule has 0 aliphatic heterocycles. The third kappa shape index (κ3) is 0.953. The third-order valence-corrected chi connectivity index (χ3v) is 4.05. The van der Waals surface area contributed by atoms with Crippen LogP contribution in [0.2, 0.25) is 0 Å². The van der Waals surface area contributed by atoms with Crippen LogP contribution in [0, 0.1) is 17.3 Å². The monoisotopic (exact) mass is 150 g/mol. The number of rotatable bonds is 2. The van der Waals surface area contributed by atoms with E-state index in [0.29, 0.717) is 5.41 Å². The molecular formula is C11H18. The first-order valence-electron chi connectivity index (χ1n) is 4.93. The van der Waals surface area contributed by atoms with Crippen LogP contribution in [0.4, 0.5) is 0 Å². The van der Waals surface area contributed by atoms with Gasteiger partial charge in [-0.25, -0.2) is 0 Å². The Morgan fingerprint density at radius 1 is 1.36 bits per heavy atom. The van der Waals surface area contributed by atoms with E-state index < -0.39 is 0 Å². The molecule has 2 saturated carbocycles. The molecule has 0 nitrogen and oxygen atoms in total. The topological polar surface area (TPSA) is 0 Å². The standard InChI is InChI=1S/C11H18/c1-3-11(4-2)7-9-5-6-10(9)8-11/h3,9-10H,1,4-8H2,2H3/t9-,10+,11?. The molecule has 2 rings (SSSR count). The highest BCUT2D eigenvalue weighted by Crippen LogP contribution is 2.57. The Bertz CT molecular complexity index is 157. The van der Waals surface area contributed by atoms with E-state index in [2.05, 4.69) is 19.6 Å². The molecule has 0 saturated heterocycles. The van der Waals surface area contributed by atoms with Gasteiger partial charge in [-0.15, -0.1) is 6.58 Å². The molecule has 2 aliphatic rings. The minimum atomic E-state index is 0.547. The molecule has 0 aromatic carbocycles. The number of fused-ring (bicyclic) bond motifs is 1. The van der Waals surface area contributed by atoms with Crippen molar-refractivity contribution in [1.82, 2.24) is 0 Å². The van der Waals surface area contributed by atoms with Crippen LogP contribution in [-0.4, -0.2) is 0 Å². The van der Waals surface area contributed by atoms with Gasteiger partial charge in [0, 0.05) is 0 Å². The van der Waals surface area contributed by atoms with Crippen molar-refractivity contribution >= 4 is 0 Å². The minimum Gasteiger partial charge on any atom is -0.103 e.